The molecular formula is C10H13BrO. The van der Waals surface area contributed by atoms with E-state index in [-0.39, 0.29) is 12.5 Å². The third-order valence-electron chi connectivity index (χ3n) is 2.03. The SMILES string of the molecule is CCC(CO)c1cccc(Br)c1. The first-order chi connectivity index (χ1) is 5.77. The van der Waals surface area contributed by atoms with Gasteiger partial charge in [0.15, 0.2) is 0 Å². The van der Waals surface area contributed by atoms with Gasteiger partial charge in [-0.25, -0.2) is 0 Å². The summed E-state index contributed by atoms with van der Waals surface area (Å²) < 4.78 is 1.08. The summed E-state index contributed by atoms with van der Waals surface area (Å²) >= 11 is 3.41. The highest BCUT2D eigenvalue weighted by molar-refractivity contribution is 9.10. The molecule has 1 atom stereocenters. The molecule has 0 saturated carbocycles. The summed E-state index contributed by atoms with van der Waals surface area (Å²) in [6, 6.07) is 8.10. The second-order valence-electron chi connectivity index (χ2n) is 2.84. The first-order valence-corrected chi connectivity index (χ1v) is 4.93. The van der Waals surface area contributed by atoms with Crippen LogP contribution in [-0.4, -0.2) is 11.7 Å². The van der Waals surface area contributed by atoms with Crippen molar-refractivity contribution in [2.24, 2.45) is 0 Å². The Bertz CT molecular complexity index is 243. The highest BCUT2D eigenvalue weighted by Crippen LogP contribution is 2.21. The molecule has 0 aromatic heterocycles. The maximum absolute atomic E-state index is 9.06. The standard InChI is InChI=1S/C10H13BrO/c1-2-8(7-12)9-4-3-5-10(11)6-9/h3-6,8,12H,2,7H2,1H3. The van der Waals surface area contributed by atoms with E-state index in [0.717, 1.165) is 10.9 Å². The molecule has 1 aromatic rings. The van der Waals surface area contributed by atoms with Gasteiger partial charge < -0.3 is 5.11 Å². The molecule has 1 rings (SSSR count). The lowest BCUT2D eigenvalue weighted by Crippen LogP contribution is -2.01. The van der Waals surface area contributed by atoms with Crippen LogP contribution < -0.4 is 0 Å². The van der Waals surface area contributed by atoms with Crippen LogP contribution in [0.1, 0.15) is 24.8 Å². The van der Waals surface area contributed by atoms with E-state index in [2.05, 4.69) is 35.0 Å². The van der Waals surface area contributed by atoms with Crippen molar-refractivity contribution in [1.82, 2.24) is 0 Å². The number of benzene rings is 1. The number of rotatable bonds is 3. The second-order valence-corrected chi connectivity index (χ2v) is 3.76. The molecule has 1 N–H and O–H groups in total. The van der Waals surface area contributed by atoms with Crippen LogP contribution in [0.4, 0.5) is 0 Å². The molecule has 12 heavy (non-hydrogen) atoms. The van der Waals surface area contributed by atoms with Gasteiger partial charge >= 0.3 is 0 Å². The van der Waals surface area contributed by atoms with Gasteiger partial charge in [-0.15, -0.1) is 0 Å². The molecule has 1 unspecified atom stereocenters. The van der Waals surface area contributed by atoms with Crippen molar-refractivity contribution in [3.63, 3.8) is 0 Å². The number of aliphatic hydroxyl groups is 1. The third kappa shape index (κ3) is 2.32. The van der Waals surface area contributed by atoms with Crippen molar-refractivity contribution in [2.75, 3.05) is 6.61 Å². The molecule has 1 aromatic carbocycles. The van der Waals surface area contributed by atoms with Crippen LogP contribution in [0.25, 0.3) is 0 Å². The largest absolute Gasteiger partial charge is 0.396 e. The maximum atomic E-state index is 9.06. The van der Waals surface area contributed by atoms with E-state index in [4.69, 9.17) is 5.11 Å². The molecule has 66 valence electrons. The number of aliphatic hydroxyl groups excluding tert-OH is 1. The molecule has 0 radical (unpaired) electrons. The van der Waals surface area contributed by atoms with Gasteiger partial charge in [0.1, 0.15) is 0 Å². The molecule has 0 bridgehead atoms. The van der Waals surface area contributed by atoms with Crippen LogP contribution in [0, 0.1) is 0 Å². The predicted molar refractivity (Wildman–Crippen MR) is 54.3 cm³/mol. The van der Waals surface area contributed by atoms with Crippen molar-refractivity contribution < 1.29 is 5.11 Å². The smallest absolute Gasteiger partial charge is 0.0499 e. The van der Waals surface area contributed by atoms with E-state index < -0.39 is 0 Å². The summed E-state index contributed by atoms with van der Waals surface area (Å²) in [4.78, 5) is 0. The molecular weight excluding hydrogens is 216 g/mol. The highest BCUT2D eigenvalue weighted by Gasteiger charge is 2.06. The Morgan fingerprint density at radius 1 is 1.50 bits per heavy atom. The zero-order valence-electron chi connectivity index (χ0n) is 7.13. The van der Waals surface area contributed by atoms with E-state index in [1.807, 2.05) is 12.1 Å². The molecule has 0 aliphatic heterocycles. The highest BCUT2D eigenvalue weighted by atomic mass is 79.9. The lowest BCUT2D eigenvalue weighted by atomic mass is 9.98. The minimum atomic E-state index is 0.229. The van der Waals surface area contributed by atoms with Crippen LogP contribution in [0.3, 0.4) is 0 Å². The van der Waals surface area contributed by atoms with E-state index in [9.17, 15) is 0 Å². The van der Waals surface area contributed by atoms with Gasteiger partial charge in [0.2, 0.25) is 0 Å². The first-order valence-electron chi connectivity index (χ1n) is 4.14. The van der Waals surface area contributed by atoms with E-state index in [0.29, 0.717) is 0 Å². The summed E-state index contributed by atoms with van der Waals surface area (Å²) in [6.07, 6.45) is 0.979. The van der Waals surface area contributed by atoms with Gasteiger partial charge in [0.05, 0.1) is 0 Å². The Morgan fingerprint density at radius 2 is 2.25 bits per heavy atom. The first kappa shape index (κ1) is 9.75. The van der Waals surface area contributed by atoms with E-state index >= 15 is 0 Å². The summed E-state index contributed by atoms with van der Waals surface area (Å²) in [5.41, 5.74) is 1.20. The Labute approximate surface area is 81.6 Å². The summed E-state index contributed by atoms with van der Waals surface area (Å²) in [7, 11) is 0. The molecule has 0 aliphatic carbocycles. The van der Waals surface area contributed by atoms with Crippen LogP contribution in [-0.2, 0) is 0 Å². The van der Waals surface area contributed by atoms with Crippen molar-refractivity contribution in [2.45, 2.75) is 19.3 Å². The molecule has 0 fully saturated rings. The Balaban J connectivity index is 2.85. The Hall–Kier alpha value is -0.340. The Kier molecular flexibility index (Phi) is 3.76. The van der Waals surface area contributed by atoms with Gasteiger partial charge in [0, 0.05) is 17.0 Å². The zero-order chi connectivity index (χ0) is 8.97. The topological polar surface area (TPSA) is 20.2 Å². The molecule has 0 spiro atoms. The molecule has 0 aliphatic rings. The number of hydrogen-bond acceptors (Lipinski definition) is 1. The average molecular weight is 229 g/mol. The lowest BCUT2D eigenvalue weighted by molar-refractivity contribution is 0.262. The van der Waals surface area contributed by atoms with Gasteiger partial charge in [-0.1, -0.05) is 35.0 Å². The fourth-order valence-electron chi connectivity index (χ4n) is 1.23. The predicted octanol–water partition coefficient (Wildman–Crippen LogP) is 2.94. The van der Waals surface area contributed by atoms with Gasteiger partial charge in [-0.2, -0.15) is 0 Å². The Morgan fingerprint density at radius 3 is 2.75 bits per heavy atom. The maximum Gasteiger partial charge on any atom is 0.0499 e. The van der Waals surface area contributed by atoms with Crippen LogP contribution in [0.2, 0.25) is 0 Å². The van der Waals surface area contributed by atoms with Gasteiger partial charge in [0.25, 0.3) is 0 Å². The molecule has 2 heteroatoms. The number of halogens is 1. The average Bonchev–Trinajstić information content (AvgIpc) is 2.07. The lowest BCUT2D eigenvalue weighted by Gasteiger charge is -2.11. The minimum Gasteiger partial charge on any atom is -0.396 e. The zero-order valence-corrected chi connectivity index (χ0v) is 8.71. The normalized spacial score (nSPS) is 12.9. The van der Waals surface area contributed by atoms with Crippen molar-refractivity contribution in [3.05, 3.63) is 34.3 Å². The van der Waals surface area contributed by atoms with E-state index in [1.165, 1.54) is 5.56 Å². The number of hydrogen-bond donors (Lipinski definition) is 1. The van der Waals surface area contributed by atoms with Crippen LogP contribution in [0.15, 0.2) is 28.7 Å². The molecule has 0 saturated heterocycles. The van der Waals surface area contributed by atoms with Crippen molar-refractivity contribution >= 4 is 15.9 Å². The van der Waals surface area contributed by atoms with Gasteiger partial charge in [-0.05, 0) is 24.1 Å². The summed E-state index contributed by atoms with van der Waals surface area (Å²) in [5.74, 6) is 0.280. The van der Waals surface area contributed by atoms with Crippen LogP contribution >= 0.6 is 15.9 Å². The van der Waals surface area contributed by atoms with Crippen LogP contribution in [0.5, 0.6) is 0 Å². The van der Waals surface area contributed by atoms with Crippen molar-refractivity contribution in [3.8, 4) is 0 Å². The summed E-state index contributed by atoms with van der Waals surface area (Å²) in [6.45, 7) is 2.31. The third-order valence-corrected chi connectivity index (χ3v) is 2.53. The fraction of sp³-hybridized carbons (Fsp3) is 0.400. The second kappa shape index (κ2) is 4.63. The molecule has 0 amide bonds. The molecule has 1 nitrogen and oxygen atoms in total. The molecule has 0 heterocycles. The van der Waals surface area contributed by atoms with Crippen molar-refractivity contribution in [1.29, 1.82) is 0 Å². The minimum absolute atomic E-state index is 0.229. The van der Waals surface area contributed by atoms with E-state index in [1.54, 1.807) is 0 Å². The van der Waals surface area contributed by atoms with Gasteiger partial charge in [-0.3, -0.25) is 0 Å². The quantitative estimate of drug-likeness (QED) is 0.844. The summed E-state index contributed by atoms with van der Waals surface area (Å²) in [5, 5.41) is 9.06. The monoisotopic (exact) mass is 228 g/mol. The fourth-order valence-corrected chi connectivity index (χ4v) is 1.65.